The Hall–Kier alpha value is -3.56. The minimum Gasteiger partial charge on any atom is -0.481 e. The van der Waals surface area contributed by atoms with Crippen LogP contribution >= 0.6 is 0 Å². The van der Waals surface area contributed by atoms with E-state index >= 15 is 0 Å². The van der Waals surface area contributed by atoms with Crippen LogP contribution in [0, 0.1) is 17.2 Å². The number of halogens is 1. The molecule has 1 unspecified atom stereocenters. The second-order valence-corrected chi connectivity index (χ2v) is 8.37. The highest BCUT2D eigenvalue weighted by atomic mass is 19.1. The number of H-pyrrole nitrogens is 1. The fraction of sp³-hybridized carbons (Fsp3) is 0.350. The van der Waals surface area contributed by atoms with Gasteiger partial charge in [-0.2, -0.15) is 0 Å². The zero-order chi connectivity index (χ0) is 21.8. The fourth-order valence-corrected chi connectivity index (χ4v) is 3.99. The quantitative estimate of drug-likeness (QED) is 0.532. The molecule has 0 bridgehead atoms. The third-order valence-corrected chi connectivity index (χ3v) is 5.24. The molecular weight excluding hydrogens is 391 g/mol. The highest BCUT2D eigenvalue weighted by molar-refractivity contribution is 5.75. The number of nitrogens with one attached hydrogen (secondary N) is 1. The summed E-state index contributed by atoms with van der Waals surface area (Å²) >= 11 is 0. The van der Waals surface area contributed by atoms with Crippen molar-refractivity contribution >= 4 is 22.8 Å². The predicted octanol–water partition coefficient (Wildman–Crippen LogP) is 2.88. The first-order chi connectivity index (χ1) is 14.1. The normalized spacial score (nSPS) is 14.3. The number of rotatable bonds is 4. The largest absolute Gasteiger partial charge is 0.481 e. The maximum atomic E-state index is 13.7. The van der Waals surface area contributed by atoms with E-state index in [1.807, 2.05) is 20.8 Å². The van der Waals surface area contributed by atoms with Crippen molar-refractivity contribution < 1.29 is 14.3 Å². The average molecular weight is 412 g/mol. The first kappa shape index (κ1) is 19.7. The Bertz CT molecular complexity index is 1330. The third-order valence-electron chi connectivity index (χ3n) is 5.24. The maximum Gasteiger partial charge on any atom is 0.327 e. The number of aliphatic carboxylic acids is 1. The summed E-state index contributed by atoms with van der Waals surface area (Å²) in [6.07, 6.45) is 4.25. The molecule has 0 aliphatic carbocycles. The second kappa shape index (κ2) is 6.75. The van der Waals surface area contributed by atoms with Crippen molar-refractivity contribution in [3.8, 4) is 11.5 Å². The first-order valence-corrected chi connectivity index (χ1v) is 9.41. The molecule has 0 amide bonds. The predicted molar refractivity (Wildman–Crippen MR) is 108 cm³/mol. The van der Waals surface area contributed by atoms with Crippen LogP contribution in [0.3, 0.4) is 0 Å². The molecule has 0 saturated carbocycles. The van der Waals surface area contributed by atoms with Crippen LogP contribution in [-0.2, 0) is 4.79 Å². The molecular formula is C20H21FN6O3. The van der Waals surface area contributed by atoms with Crippen molar-refractivity contribution in [3.05, 3.63) is 47.0 Å². The van der Waals surface area contributed by atoms with Gasteiger partial charge in [0, 0.05) is 6.20 Å². The summed E-state index contributed by atoms with van der Waals surface area (Å²) in [4.78, 5) is 40.3. The van der Waals surface area contributed by atoms with Crippen LogP contribution < -0.4 is 5.69 Å². The molecule has 4 rings (SSSR count). The SMILES string of the molecule is CC([C@H](C(=O)O)C(C)(C)C)n1c(=O)[nH]c2cnc(-c3cnc4ccc(F)cn34)nc21. The molecule has 2 atom stereocenters. The van der Waals surface area contributed by atoms with Crippen molar-refractivity contribution in [1.29, 1.82) is 0 Å². The molecule has 0 radical (unpaired) electrons. The summed E-state index contributed by atoms with van der Waals surface area (Å²) in [7, 11) is 0. The Morgan fingerprint density at radius 1 is 1.23 bits per heavy atom. The van der Waals surface area contributed by atoms with Crippen LogP contribution in [0.2, 0.25) is 0 Å². The molecule has 0 saturated heterocycles. The summed E-state index contributed by atoms with van der Waals surface area (Å²) in [5.41, 5.74) is 0.568. The Balaban J connectivity index is 1.90. The lowest BCUT2D eigenvalue weighted by molar-refractivity contribution is -0.147. The number of aromatic amines is 1. The van der Waals surface area contributed by atoms with Gasteiger partial charge in [-0.15, -0.1) is 0 Å². The number of aromatic nitrogens is 6. The molecule has 4 aromatic rings. The number of imidazole rings is 2. The standard InChI is InChI=1S/C20H21FN6O3/c1-10(15(18(28)29)20(2,3)4)27-17-12(24-19(27)30)7-23-16(25-17)13-8-22-14-6-5-11(21)9-26(13)14/h5-10,15H,1-4H3,(H,24,30)(H,28,29)/t10?,15-/m1/s1. The van der Waals surface area contributed by atoms with E-state index in [2.05, 4.69) is 19.9 Å². The fourth-order valence-electron chi connectivity index (χ4n) is 3.99. The number of hydrogen-bond donors (Lipinski definition) is 2. The van der Waals surface area contributed by atoms with Crippen molar-refractivity contribution in [2.75, 3.05) is 0 Å². The molecule has 9 nitrogen and oxygen atoms in total. The number of hydrogen-bond acceptors (Lipinski definition) is 5. The number of nitrogens with zero attached hydrogens (tertiary/aromatic N) is 5. The van der Waals surface area contributed by atoms with Crippen molar-refractivity contribution in [1.82, 2.24) is 28.9 Å². The van der Waals surface area contributed by atoms with E-state index < -0.39 is 34.9 Å². The van der Waals surface area contributed by atoms with Crippen molar-refractivity contribution in [3.63, 3.8) is 0 Å². The summed E-state index contributed by atoms with van der Waals surface area (Å²) < 4.78 is 16.6. The van der Waals surface area contributed by atoms with Gasteiger partial charge in [-0.3, -0.25) is 13.8 Å². The molecule has 0 aromatic carbocycles. The minimum atomic E-state index is -0.997. The number of carbonyl (C=O) groups is 1. The third kappa shape index (κ3) is 3.14. The zero-order valence-electron chi connectivity index (χ0n) is 16.9. The molecule has 4 aromatic heterocycles. The smallest absolute Gasteiger partial charge is 0.327 e. The van der Waals surface area contributed by atoms with E-state index in [0.29, 0.717) is 16.9 Å². The Morgan fingerprint density at radius 2 is 1.97 bits per heavy atom. The zero-order valence-corrected chi connectivity index (χ0v) is 16.9. The van der Waals surface area contributed by atoms with Crippen LogP contribution in [0.25, 0.3) is 28.3 Å². The van der Waals surface area contributed by atoms with Crippen molar-refractivity contribution in [2.24, 2.45) is 11.3 Å². The van der Waals surface area contributed by atoms with E-state index in [0.717, 1.165) is 0 Å². The van der Waals surface area contributed by atoms with Crippen LogP contribution in [-0.4, -0.2) is 40.0 Å². The molecule has 0 fully saturated rings. The summed E-state index contributed by atoms with van der Waals surface area (Å²) in [5.74, 6) is -2.03. The summed E-state index contributed by atoms with van der Waals surface area (Å²) in [5, 5.41) is 9.78. The Labute approximate surface area is 170 Å². The number of fused-ring (bicyclic) bond motifs is 2. The molecule has 0 spiro atoms. The minimum absolute atomic E-state index is 0.239. The lowest BCUT2D eigenvalue weighted by Crippen LogP contribution is -2.38. The Morgan fingerprint density at radius 3 is 2.63 bits per heavy atom. The van der Waals surface area contributed by atoms with Gasteiger partial charge in [0.05, 0.1) is 24.4 Å². The van der Waals surface area contributed by atoms with Gasteiger partial charge in [0.1, 0.15) is 22.7 Å². The molecule has 2 N–H and O–H groups in total. The molecule has 156 valence electrons. The van der Waals surface area contributed by atoms with Crippen LogP contribution in [0.4, 0.5) is 4.39 Å². The van der Waals surface area contributed by atoms with Crippen LogP contribution in [0.15, 0.2) is 35.5 Å². The summed E-state index contributed by atoms with van der Waals surface area (Å²) in [6, 6.07) is 2.17. The number of pyridine rings is 1. The Kier molecular flexibility index (Phi) is 4.44. The van der Waals surface area contributed by atoms with Gasteiger partial charge in [0.15, 0.2) is 11.5 Å². The van der Waals surface area contributed by atoms with Gasteiger partial charge in [0.2, 0.25) is 0 Å². The first-order valence-electron chi connectivity index (χ1n) is 9.41. The molecule has 0 aliphatic heterocycles. The lowest BCUT2D eigenvalue weighted by atomic mass is 9.76. The van der Waals surface area contributed by atoms with Crippen LogP contribution in [0.5, 0.6) is 0 Å². The second-order valence-electron chi connectivity index (χ2n) is 8.37. The van der Waals surface area contributed by atoms with E-state index in [4.69, 9.17) is 0 Å². The molecule has 30 heavy (non-hydrogen) atoms. The van der Waals surface area contributed by atoms with Crippen LogP contribution in [0.1, 0.15) is 33.7 Å². The van der Waals surface area contributed by atoms with E-state index in [-0.39, 0.29) is 11.5 Å². The molecule has 4 heterocycles. The summed E-state index contributed by atoms with van der Waals surface area (Å²) in [6.45, 7) is 7.13. The molecule has 10 heteroatoms. The number of carboxylic acid groups (broad SMARTS) is 1. The van der Waals surface area contributed by atoms with E-state index in [9.17, 15) is 19.1 Å². The highest BCUT2D eigenvalue weighted by Crippen LogP contribution is 2.35. The monoisotopic (exact) mass is 412 g/mol. The highest BCUT2D eigenvalue weighted by Gasteiger charge is 2.38. The van der Waals surface area contributed by atoms with Gasteiger partial charge >= 0.3 is 11.7 Å². The maximum absolute atomic E-state index is 13.7. The average Bonchev–Trinajstić information content (AvgIpc) is 3.18. The van der Waals surface area contributed by atoms with Gasteiger partial charge < -0.3 is 10.1 Å². The van der Waals surface area contributed by atoms with Gasteiger partial charge in [-0.25, -0.2) is 24.1 Å². The van der Waals surface area contributed by atoms with Gasteiger partial charge in [-0.05, 0) is 24.5 Å². The van der Waals surface area contributed by atoms with Crippen molar-refractivity contribution in [2.45, 2.75) is 33.7 Å². The van der Waals surface area contributed by atoms with Gasteiger partial charge in [0.25, 0.3) is 0 Å². The molecule has 0 aliphatic rings. The lowest BCUT2D eigenvalue weighted by Gasteiger charge is -2.32. The van der Waals surface area contributed by atoms with Gasteiger partial charge in [-0.1, -0.05) is 20.8 Å². The van der Waals surface area contributed by atoms with E-state index in [1.54, 1.807) is 6.92 Å². The van der Waals surface area contributed by atoms with E-state index in [1.165, 1.54) is 39.7 Å². The topological polar surface area (TPSA) is 118 Å². The number of carboxylic acids is 1.